The zero-order chi connectivity index (χ0) is 13.4. The number of hydrogen-bond donors (Lipinski definition) is 2. The van der Waals surface area contributed by atoms with E-state index < -0.39 is 0 Å². The highest BCUT2D eigenvalue weighted by molar-refractivity contribution is 5.80. The molecular formula is C16H28N2O. The molecule has 6 unspecified atom stereocenters. The van der Waals surface area contributed by atoms with Crippen LogP contribution in [-0.4, -0.2) is 18.5 Å². The molecule has 108 valence electrons. The largest absolute Gasteiger partial charge is 0.356 e. The summed E-state index contributed by atoms with van der Waals surface area (Å²) < 4.78 is 0. The fraction of sp³-hybridized carbons (Fsp3) is 0.938. The van der Waals surface area contributed by atoms with Crippen LogP contribution in [0.25, 0.3) is 0 Å². The maximum atomic E-state index is 12.4. The molecule has 0 radical (unpaired) electrons. The van der Waals surface area contributed by atoms with Crippen LogP contribution in [0.15, 0.2) is 0 Å². The number of nitrogens with two attached hydrogens (primary N) is 1. The Kier molecular flexibility index (Phi) is 3.84. The van der Waals surface area contributed by atoms with E-state index in [0.29, 0.717) is 17.8 Å². The Morgan fingerprint density at radius 2 is 1.89 bits per heavy atom. The number of amides is 1. The maximum absolute atomic E-state index is 12.4. The number of carbonyl (C=O) groups is 1. The second-order valence-corrected chi connectivity index (χ2v) is 7.20. The third-order valence-electron chi connectivity index (χ3n) is 6.11. The van der Waals surface area contributed by atoms with Gasteiger partial charge in [-0.3, -0.25) is 4.79 Å². The lowest BCUT2D eigenvalue weighted by Gasteiger charge is -2.31. The van der Waals surface area contributed by atoms with Gasteiger partial charge in [0.15, 0.2) is 0 Å². The van der Waals surface area contributed by atoms with Gasteiger partial charge in [-0.1, -0.05) is 26.2 Å². The van der Waals surface area contributed by atoms with Crippen LogP contribution in [0.5, 0.6) is 0 Å². The van der Waals surface area contributed by atoms with Crippen molar-refractivity contribution in [1.29, 1.82) is 0 Å². The fourth-order valence-electron chi connectivity index (χ4n) is 4.77. The van der Waals surface area contributed by atoms with Crippen LogP contribution in [0.3, 0.4) is 0 Å². The second-order valence-electron chi connectivity index (χ2n) is 7.20. The highest BCUT2D eigenvalue weighted by Crippen LogP contribution is 2.47. The molecule has 3 nitrogen and oxygen atoms in total. The van der Waals surface area contributed by atoms with E-state index in [4.69, 9.17) is 5.73 Å². The minimum Gasteiger partial charge on any atom is -0.356 e. The molecule has 3 aliphatic rings. The van der Waals surface area contributed by atoms with Crippen LogP contribution in [0.1, 0.15) is 51.9 Å². The summed E-state index contributed by atoms with van der Waals surface area (Å²) in [7, 11) is 0. The molecular weight excluding hydrogens is 236 g/mol. The van der Waals surface area contributed by atoms with Crippen molar-refractivity contribution < 1.29 is 4.79 Å². The van der Waals surface area contributed by atoms with Crippen molar-refractivity contribution in [2.75, 3.05) is 6.54 Å². The van der Waals surface area contributed by atoms with E-state index in [2.05, 4.69) is 12.2 Å². The third kappa shape index (κ3) is 2.54. The Balaban J connectivity index is 1.51. The van der Waals surface area contributed by atoms with Gasteiger partial charge in [0.2, 0.25) is 5.91 Å². The molecule has 3 N–H and O–H groups in total. The van der Waals surface area contributed by atoms with E-state index in [-0.39, 0.29) is 17.9 Å². The second kappa shape index (κ2) is 5.43. The number of carbonyl (C=O) groups excluding carboxylic acids is 1. The highest BCUT2D eigenvalue weighted by atomic mass is 16.1. The summed E-state index contributed by atoms with van der Waals surface area (Å²) >= 11 is 0. The minimum atomic E-state index is 0.109. The molecule has 19 heavy (non-hydrogen) atoms. The van der Waals surface area contributed by atoms with Crippen LogP contribution in [0, 0.1) is 29.6 Å². The van der Waals surface area contributed by atoms with Crippen molar-refractivity contribution in [1.82, 2.24) is 5.32 Å². The monoisotopic (exact) mass is 264 g/mol. The standard InChI is InChI=1S/C16H28N2O/c1-10-4-2-3-5-13(10)9-18-16(19)14-11-6-7-12(8-11)15(14)17/h10-15H,2-9,17H2,1H3,(H,18,19). The molecule has 0 aromatic heterocycles. The van der Waals surface area contributed by atoms with E-state index in [1.54, 1.807) is 0 Å². The van der Waals surface area contributed by atoms with Gasteiger partial charge in [0.05, 0.1) is 5.92 Å². The van der Waals surface area contributed by atoms with Gasteiger partial charge in [0.1, 0.15) is 0 Å². The SMILES string of the molecule is CC1CCCCC1CNC(=O)C1C2CCC(C2)C1N. The minimum absolute atomic E-state index is 0.109. The topological polar surface area (TPSA) is 55.1 Å². The summed E-state index contributed by atoms with van der Waals surface area (Å²) in [5.41, 5.74) is 6.24. The predicted molar refractivity (Wildman–Crippen MR) is 76.4 cm³/mol. The molecule has 3 aliphatic carbocycles. The molecule has 3 fully saturated rings. The zero-order valence-corrected chi connectivity index (χ0v) is 12.1. The van der Waals surface area contributed by atoms with Gasteiger partial charge in [-0.15, -0.1) is 0 Å². The van der Waals surface area contributed by atoms with Gasteiger partial charge in [-0.2, -0.15) is 0 Å². The fourth-order valence-corrected chi connectivity index (χ4v) is 4.77. The van der Waals surface area contributed by atoms with Gasteiger partial charge in [0.25, 0.3) is 0 Å². The molecule has 6 atom stereocenters. The summed E-state index contributed by atoms with van der Waals surface area (Å²) in [5.74, 6) is 3.00. The van der Waals surface area contributed by atoms with E-state index in [1.165, 1.54) is 44.9 Å². The zero-order valence-electron chi connectivity index (χ0n) is 12.1. The molecule has 3 rings (SSSR count). The lowest BCUT2D eigenvalue weighted by atomic mass is 9.80. The summed E-state index contributed by atoms with van der Waals surface area (Å²) in [6.07, 6.45) is 8.96. The summed E-state index contributed by atoms with van der Waals surface area (Å²) in [5, 5.41) is 3.22. The van der Waals surface area contributed by atoms with Gasteiger partial charge in [-0.05, 0) is 49.4 Å². The lowest BCUT2D eigenvalue weighted by molar-refractivity contribution is -0.127. The summed E-state index contributed by atoms with van der Waals surface area (Å²) in [4.78, 5) is 12.4. The van der Waals surface area contributed by atoms with Crippen LogP contribution >= 0.6 is 0 Å². The molecule has 0 aromatic carbocycles. The first-order chi connectivity index (χ1) is 9.16. The summed E-state index contributed by atoms with van der Waals surface area (Å²) in [6, 6.07) is 0.127. The van der Waals surface area contributed by atoms with Crippen LogP contribution in [0.4, 0.5) is 0 Å². The van der Waals surface area contributed by atoms with Gasteiger partial charge in [0, 0.05) is 12.6 Å². The predicted octanol–water partition coefficient (Wildman–Crippen LogP) is 2.30. The number of hydrogen-bond acceptors (Lipinski definition) is 2. The smallest absolute Gasteiger partial charge is 0.224 e. The number of rotatable bonds is 3. The molecule has 1 amide bonds. The van der Waals surface area contributed by atoms with Crippen LogP contribution in [-0.2, 0) is 4.79 Å². The first-order valence-corrected chi connectivity index (χ1v) is 8.20. The van der Waals surface area contributed by atoms with Gasteiger partial charge < -0.3 is 11.1 Å². The van der Waals surface area contributed by atoms with Crippen molar-refractivity contribution in [3.63, 3.8) is 0 Å². The molecule has 0 aliphatic heterocycles. The van der Waals surface area contributed by atoms with E-state index in [1.807, 2.05) is 0 Å². The average Bonchev–Trinajstić information content (AvgIpc) is 2.98. The van der Waals surface area contributed by atoms with Crippen molar-refractivity contribution in [2.45, 2.75) is 57.9 Å². The number of nitrogens with one attached hydrogen (secondary N) is 1. The lowest BCUT2D eigenvalue weighted by Crippen LogP contribution is -2.46. The molecule has 3 heteroatoms. The Morgan fingerprint density at radius 1 is 1.16 bits per heavy atom. The van der Waals surface area contributed by atoms with E-state index in [0.717, 1.165) is 12.5 Å². The highest BCUT2D eigenvalue weighted by Gasteiger charge is 2.49. The van der Waals surface area contributed by atoms with Gasteiger partial charge in [-0.25, -0.2) is 0 Å². The average molecular weight is 264 g/mol. The van der Waals surface area contributed by atoms with Crippen molar-refractivity contribution >= 4 is 5.91 Å². The molecule has 0 aromatic rings. The van der Waals surface area contributed by atoms with E-state index >= 15 is 0 Å². The summed E-state index contributed by atoms with van der Waals surface area (Å²) in [6.45, 7) is 3.21. The Labute approximate surface area is 116 Å². The van der Waals surface area contributed by atoms with Crippen LogP contribution in [0.2, 0.25) is 0 Å². The van der Waals surface area contributed by atoms with E-state index in [9.17, 15) is 4.79 Å². The van der Waals surface area contributed by atoms with Crippen molar-refractivity contribution in [3.8, 4) is 0 Å². The quantitative estimate of drug-likeness (QED) is 0.822. The molecule has 2 bridgehead atoms. The van der Waals surface area contributed by atoms with Crippen molar-refractivity contribution in [2.24, 2.45) is 35.3 Å². The Bertz CT molecular complexity index is 342. The first kappa shape index (κ1) is 13.4. The molecule has 0 heterocycles. The molecule has 3 saturated carbocycles. The normalized spacial score (nSPS) is 45.4. The molecule has 0 spiro atoms. The third-order valence-corrected chi connectivity index (χ3v) is 6.11. The van der Waals surface area contributed by atoms with Crippen LogP contribution < -0.4 is 11.1 Å². The first-order valence-electron chi connectivity index (χ1n) is 8.20. The Hall–Kier alpha value is -0.570. The maximum Gasteiger partial charge on any atom is 0.224 e. The Morgan fingerprint density at radius 3 is 2.58 bits per heavy atom. The van der Waals surface area contributed by atoms with Gasteiger partial charge >= 0.3 is 0 Å². The molecule has 0 saturated heterocycles. The number of fused-ring (bicyclic) bond motifs is 2. The van der Waals surface area contributed by atoms with Crippen molar-refractivity contribution in [3.05, 3.63) is 0 Å².